The zero-order chi connectivity index (χ0) is 12.0. The Morgan fingerprint density at radius 3 is 2.06 bits per heavy atom. The van der Waals surface area contributed by atoms with E-state index in [2.05, 4.69) is 24.2 Å². The van der Waals surface area contributed by atoms with Gasteiger partial charge in [0, 0.05) is 6.08 Å². The van der Waals surface area contributed by atoms with E-state index in [0.717, 1.165) is 5.56 Å². The SMILES string of the molecule is C=C=C.O=C1C=C(c2ccccc2)C(=O)N1. The van der Waals surface area contributed by atoms with Crippen LogP contribution in [-0.4, -0.2) is 11.8 Å². The number of rotatable bonds is 1. The minimum absolute atomic E-state index is 0.323. The summed E-state index contributed by atoms with van der Waals surface area (Å²) in [7, 11) is 0. The second-order valence-electron chi connectivity index (χ2n) is 2.99. The Hall–Kier alpha value is -2.38. The molecule has 0 atom stereocenters. The maximum Gasteiger partial charge on any atom is 0.258 e. The molecule has 80 valence electrons. The van der Waals surface area contributed by atoms with Gasteiger partial charge in [0.1, 0.15) is 0 Å². The molecule has 1 aromatic carbocycles. The highest BCUT2D eigenvalue weighted by atomic mass is 16.2. The Kier molecular flexibility index (Phi) is 4.01. The average molecular weight is 213 g/mol. The third-order valence-electron chi connectivity index (χ3n) is 1.84. The summed E-state index contributed by atoms with van der Waals surface area (Å²) in [4.78, 5) is 22.0. The summed E-state index contributed by atoms with van der Waals surface area (Å²) in [6.07, 6.45) is 1.32. The van der Waals surface area contributed by atoms with Crippen molar-refractivity contribution in [1.29, 1.82) is 0 Å². The molecule has 0 saturated heterocycles. The normalized spacial score (nSPS) is 13.1. The number of hydrogen-bond donors (Lipinski definition) is 1. The lowest BCUT2D eigenvalue weighted by molar-refractivity contribution is -0.123. The van der Waals surface area contributed by atoms with Gasteiger partial charge in [0.15, 0.2) is 0 Å². The first kappa shape index (κ1) is 11.7. The average Bonchev–Trinajstić information content (AvgIpc) is 2.60. The van der Waals surface area contributed by atoms with Crippen molar-refractivity contribution in [1.82, 2.24) is 5.32 Å². The fourth-order valence-corrected chi connectivity index (χ4v) is 1.24. The number of hydrogen-bond acceptors (Lipinski definition) is 2. The molecule has 0 saturated carbocycles. The van der Waals surface area contributed by atoms with E-state index in [1.54, 1.807) is 12.1 Å². The number of carbonyl (C=O) groups excluding carboxylic acids is 2. The standard InChI is InChI=1S/C10H7NO2.C3H4/c12-9-6-8(10(13)11-9)7-4-2-1-3-5-7;1-3-2/h1-6H,(H,11,12,13);1-2H2. The van der Waals surface area contributed by atoms with Gasteiger partial charge >= 0.3 is 0 Å². The summed E-state index contributed by atoms with van der Waals surface area (Å²) in [5.74, 6) is -0.667. The Morgan fingerprint density at radius 2 is 1.62 bits per heavy atom. The molecule has 0 unspecified atom stereocenters. The lowest BCUT2D eigenvalue weighted by Gasteiger charge is -1.97. The second-order valence-corrected chi connectivity index (χ2v) is 2.99. The van der Waals surface area contributed by atoms with Crippen LogP contribution in [0.4, 0.5) is 0 Å². The molecule has 1 aliphatic rings. The van der Waals surface area contributed by atoms with Crippen LogP contribution in [0, 0.1) is 0 Å². The van der Waals surface area contributed by atoms with E-state index < -0.39 is 0 Å². The van der Waals surface area contributed by atoms with Crippen LogP contribution in [0.5, 0.6) is 0 Å². The molecule has 3 nitrogen and oxygen atoms in total. The van der Waals surface area contributed by atoms with Crippen molar-refractivity contribution < 1.29 is 9.59 Å². The molecule has 2 rings (SSSR count). The van der Waals surface area contributed by atoms with Gasteiger partial charge in [0.2, 0.25) is 0 Å². The zero-order valence-corrected chi connectivity index (χ0v) is 8.69. The fraction of sp³-hybridized carbons (Fsp3) is 0. The molecule has 0 aliphatic carbocycles. The number of nitrogens with one attached hydrogen (secondary N) is 1. The van der Waals surface area contributed by atoms with Gasteiger partial charge in [-0.3, -0.25) is 14.9 Å². The van der Waals surface area contributed by atoms with Gasteiger partial charge < -0.3 is 0 Å². The third-order valence-corrected chi connectivity index (χ3v) is 1.84. The molecular formula is C13H11NO2. The van der Waals surface area contributed by atoms with Crippen molar-refractivity contribution in [3.63, 3.8) is 0 Å². The van der Waals surface area contributed by atoms with E-state index in [0.29, 0.717) is 5.57 Å². The summed E-state index contributed by atoms with van der Waals surface area (Å²) < 4.78 is 0. The van der Waals surface area contributed by atoms with Crippen LogP contribution in [0.1, 0.15) is 5.56 Å². The van der Waals surface area contributed by atoms with Crippen molar-refractivity contribution in [2.45, 2.75) is 0 Å². The molecule has 1 aliphatic heterocycles. The fourth-order valence-electron chi connectivity index (χ4n) is 1.24. The van der Waals surface area contributed by atoms with Gasteiger partial charge in [0.25, 0.3) is 11.8 Å². The van der Waals surface area contributed by atoms with Crippen LogP contribution < -0.4 is 5.32 Å². The molecule has 1 heterocycles. The van der Waals surface area contributed by atoms with Crippen LogP contribution >= 0.6 is 0 Å². The molecular weight excluding hydrogens is 202 g/mol. The van der Waals surface area contributed by atoms with Crippen molar-refractivity contribution in [2.75, 3.05) is 0 Å². The predicted octanol–water partition coefficient (Wildman–Crippen LogP) is 1.68. The van der Waals surface area contributed by atoms with E-state index in [1.165, 1.54) is 6.08 Å². The molecule has 3 heteroatoms. The molecule has 16 heavy (non-hydrogen) atoms. The van der Waals surface area contributed by atoms with Gasteiger partial charge in [-0.1, -0.05) is 43.5 Å². The Morgan fingerprint density at radius 1 is 1.06 bits per heavy atom. The quantitative estimate of drug-likeness (QED) is 0.570. The Bertz CT molecular complexity index is 466. The number of amides is 2. The zero-order valence-electron chi connectivity index (χ0n) is 8.69. The summed E-state index contributed by atoms with van der Waals surface area (Å²) in [6.45, 7) is 6.25. The Balaban J connectivity index is 0.000000386. The molecule has 0 fully saturated rings. The van der Waals surface area contributed by atoms with Crippen LogP contribution in [0.2, 0.25) is 0 Å². The molecule has 0 radical (unpaired) electrons. The minimum Gasteiger partial charge on any atom is -0.289 e. The molecule has 0 spiro atoms. The lowest BCUT2D eigenvalue weighted by Crippen LogP contribution is -2.21. The van der Waals surface area contributed by atoms with E-state index in [-0.39, 0.29) is 11.8 Å². The van der Waals surface area contributed by atoms with Crippen molar-refractivity contribution in [2.24, 2.45) is 0 Å². The van der Waals surface area contributed by atoms with Gasteiger partial charge in [-0.25, -0.2) is 0 Å². The summed E-state index contributed by atoms with van der Waals surface area (Å²) in [5, 5.41) is 2.19. The summed E-state index contributed by atoms with van der Waals surface area (Å²) >= 11 is 0. The van der Waals surface area contributed by atoms with Crippen molar-refractivity contribution >= 4 is 17.4 Å². The number of imide groups is 1. The third kappa shape index (κ3) is 2.80. The largest absolute Gasteiger partial charge is 0.289 e. The number of benzene rings is 1. The smallest absolute Gasteiger partial charge is 0.258 e. The first-order valence-corrected chi connectivity index (χ1v) is 4.60. The van der Waals surface area contributed by atoms with Gasteiger partial charge in [-0.05, 0) is 5.56 Å². The summed E-state index contributed by atoms with van der Waals surface area (Å²) in [6, 6.07) is 9.10. The monoisotopic (exact) mass is 213 g/mol. The maximum absolute atomic E-state index is 11.2. The van der Waals surface area contributed by atoms with Crippen LogP contribution in [0.3, 0.4) is 0 Å². The van der Waals surface area contributed by atoms with Crippen molar-refractivity contribution in [3.8, 4) is 0 Å². The van der Waals surface area contributed by atoms with Gasteiger partial charge in [-0.2, -0.15) is 0 Å². The topological polar surface area (TPSA) is 46.2 Å². The van der Waals surface area contributed by atoms with Crippen LogP contribution in [0.25, 0.3) is 5.57 Å². The van der Waals surface area contributed by atoms with E-state index in [9.17, 15) is 9.59 Å². The van der Waals surface area contributed by atoms with Crippen LogP contribution in [-0.2, 0) is 9.59 Å². The lowest BCUT2D eigenvalue weighted by atomic mass is 10.1. The molecule has 0 bridgehead atoms. The van der Waals surface area contributed by atoms with Gasteiger partial charge in [-0.15, -0.1) is 5.73 Å². The van der Waals surface area contributed by atoms with E-state index >= 15 is 0 Å². The van der Waals surface area contributed by atoms with Gasteiger partial charge in [0.05, 0.1) is 5.57 Å². The first-order valence-electron chi connectivity index (χ1n) is 4.60. The van der Waals surface area contributed by atoms with E-state index in [1.807, 2.05) is 18.2 Å². The molecule has 1 N–H and O–H groups in total. The maximum atomic E-state index is 11.2. The number of carbonyl (C=O) groups is 2. The highest BCUT2D eigenvalue weighted by Crippen LogP contribution is 2.16. The first-order chi connectivity index (χ1) is 7.69. The molecule has 2 amide bonds. The highest BCUT2D eigenvalue weighted by Gasteiger charge is 2.21. The van der Waals surface area contributed by atoms with E-state index in [4.69, 9.17) is 0 Å². The minimum atomic E-state index is -0.344. The molecule has 0 aromatic heterocycles. The molecule has 1 aromatic rings. The Labute approximate surface area is 93.8 Å². The van der Waals surface area contributed by atoms with Crippen molar-refractivity contribution in [3.05, 3.63) is 60.9 Å². The van der Waals surface area contributed by atoms with Crippen LogP contribution in [0.15, 0.2) is 55.3 Å². The summed E-state index contributed by atoms with van der Waals surface area (Å²) in [5.41, 5.74) is 3.46. The second kappa shape index (κ2) is 5.49. The predicted molar refractivity (Wildman–Crippen MR) is 62.3 cm³/mol. The highest BCUT2D eigenvalue weighted by molar-refractivity contribution is 6.33.